The van der Waals surface area contributed by atoms with Crippen LogP contribution < -0.4 is 21.1 Å². The molecule has 0 radical (unpaired) electrons. The summed E-state index contributed by atoms with van der Waals surface area (Å²) >= 11 is 0. The summed E-state index contributed by atoms with van der Waals surface area (Å²) in [6.07, 6.45) is 3.43. The van der Waals surface area contributed by atoms with Gasteiger partial charge in [-0.3, -0.25) is 9.59 Å². The zero-order chi connectivity index (χ0) is 18.0. The Morgan fingerprint density at radius 1 is 1.16 bits per heavy atom. The third kappa shape index (κ3) is 3.65. The molecule has 0 saturated carbocycles. The minimum Gasteiger partial charge on any atom is -0.450 e. The number of rotatable bonds is 4. The van der Waals surface area contributed by atoms with Gasteiger partial charge in [0.15, 0.2) is 0 Å². The van der Waals surface area contributed by atoms with Crippen LogP contribution in [0.1, 0.15) is 39.5 Å². The van der Waals surface area contributed by atoms with Gasteiger partial charge < -0.3 is 19.9 Å². The molecule has 138 valence electrons. The molecule has 1 atom stereocenters. The highest BCUT2D eigenvalue weighted by atomic mass is 16.6. The first kappa shape index (κ1) is 17.8. The van der Waals surface area contributed by atoms with Gasteiger partial charge in [0, 0.05) is 32.2 Å². The molecule has 25 heavy (non-hydrogen) atoms. The number of piperidine rings is 2. The fourth-order valence-corrected chi connectivity index (χ4v) is 3.83. The van der Waals surface area contributed by atoms with E-state index in [4.69, 9.17) is 4.74 Å². The van der Waals surface area contributed by atoms with Crippen molar-refractivity contribution in [1.29, 1.82) is 0 Å². The summed E-state index contributed by atoms with van der Waals surface area (Å²) in [5.41, 5.74) is 0.291. The predicted octanol–water partition coefficient (Wildman–Crippen LogP) is 1.55. The molecule has 1 amide bonds. The lowest BCUT2D eigenvalue weighted by atomic mass is 9.98. The van der Waals surface area contributed by atoms with Crippen molar-refractivity contribution in [2.45, 2.75) is 45.6 Å². The van der Waals surface area contributed by atoms with Gasteiger partial charge >= 0.3 is 6.09 Å². The molecular formula is C18H27N3O4. The predicted molar refractivity (Wildman–Crippen MR) is 97.2 cm³/mol. The molecule has 2 heterocycles. The molecule has 1 aromatic rings. The molecule has 0 bridgehead atoms. The van der Waals surface area contributed by atoms with E-state index in [9.17, 15) is 14.4 Å². The maximum atomic E-state index is 12.1. The number of carbonyl (C=O) groups is 1. The number of amides is 1. The Morgan fingerprint density at radius 2 is 1.88 bits per heavy atom. The number of nitrogens with zero attached hydrogens (tertiary/aromatic N) is 2. The molecule has 3 rings (SSSR count). The first-order chi connectivity index (χ1) is 12.0. The zero-order valence-corrected chi connectivity index (χ0v) is 15.0. The monoisotopic (exact) mass is 349 g/mol. The highest BCUT2D eigenvalue weighted by Gasteiger charge is 2.31. The van der Waals surface area contributed by atoms with Gasteiger partial charge in [-0.25, -0.2) is 4.79 Å². The fraction of sp³-hybridized carbons (Fsp3) is 0.722. The number of hydrogen-bond donors (Lipinski definition) is 1. The number of ether oxygens (including phenoxy) is 1. The van der Waals surface area contributed by atoms with Crippen LogP contribution in [0, 0.1) is 5.92 Å². The quantitative estimate of drug-likeness (QED) is 0.831. The molecule has 2 aliphatic rings. The van der Waals surface area contributed by atoms with E-state index in [-0.39, 0.29) is 17.6 Å². The van der Waals surface area contributed by atoms with Crippen LogP contribution in [-0.2, 0) is 4.74 Å². The van der Waals surface area contributed by atoms with Crippen LogP contribution in [0.15, 0.2) is 9.59 Å². The van der Waals surface area contributed by atoms with Crippen molar-refractivity contribution in [2.24, 2.45) is 5.92 Å². The number of nitrogens with one attached hydrogen (secondary N) is 1. The minimum absolute atomic E-state index is 0.106. The van der Waals surface area contributed by atoms with E-state index in [1.165, 1.54) is 6.42 Å². The van der Waals surface area contributed by atoms with Crippen LogP contribution in [0.4, 0.5) is 16.2 Å². The maximum absolute atomic E-state index is 12.1. The van der Waals surface area contributed by atoms with Gasteiger partial charge in [-0.15, -0.1) is 0 Å². The molecular weight excluding hydrogens is 322 g/mol. The van der Waals surface area contributed by atoms with Gasteiger partial charge in [0.25, 0.3) is 10.9 Å². The SMILES string of the molecule is CCOC(=O)N1CCC(Nc2c(N3CCC[C@@H](C)C3)c(=O)c2=O)CC1. The molecule has 1 N–H and O–H groups in total. The molecule has 0 spiro atoms. The number of likely N-dealkylation sites (tertiary alicyclic amines) is 1. The second-order valence-corrected chi connectivity index (χ2v) is 7.18. The summed E-state index contributed by atoms with van der Waals surface area (Å²) in [6.45, 7) is 7.21. The first-order valence-electron chi connectivity index (χ1n) is 9.27. The van der Waals surface area contributed by atoms with E-state index in [0.717, 1.165) is 32.4 Å². The molecule has 2 fully saturated rings. The van der Waals surface area contributed by atoms with Gasteiger partial charge in [-0.1, -0.05) is 6.92 Å². The standard InChI is InChI=1S/C18H27N3O4/c1-3-25-18(24)20-9-6-13(7-10-20)19-14-15(17(23)16(14)22)21-8-4-5-12(2)11-21/h12-13,19H,3-11H2,1-2H3/t12-/m1/s1. The van der Waals surface area contributed by atoms with E-state index in [1.807, 2.05) is 0 Å². The lowest BCUT2D eigenvalue weighted by molar-refractivity contribution is 0.0983. The molecule has 2 saturated heterocycles. The Bertz CT molecular complexity index is 687. The molecule has 0 unspecified atom stereocenters. The summed E-state index contributed by atoms with van der Waals surface area (Å²) in [6, 6.07) is 0.106. The Kier molecular flexibility index (Phi) is 5.30. The van der Waals surface area contributed by atoms with Crippen LogP contribution in [0.3, 0.4) is 0 Å². The van der Waals surface area contributed by atoms with Crippen molar-refractivity contribution in [3.05, 3.63) is 20.4 Å². The van der Waals surface area contributed by atoms with Crippen LogP contribution in [0.2, 0.25) is 0 Å². The summed E-state index contributed by atoms with van der Waals surface area (Å²) < 4.78 is 5.02. The molecule has 1 aromatic carbocycles. The summed E-state index contributed by atoms with van der Waals surface area (Å²) in [5.74, 6) is 0.541. The summed E-state index contributed by atoms with van der Waals surface area (Å²) in [7, 11) is 0. The van der Waals surface area contributed by atoms with Crippen molar-refractivity contribution < 1.29 is 9.53 Å². The summed E-state index contributed by atoms with van der Waals surface area (Å²) in [4.78, 5) is 39.6. The second kappa shape index (κ2) is 7.45. The average Bonchev–Trinajstić information content (AvgIpc) is 2.61. The fourth-order valence-electron chi connectivity index (χ4n) is 3.83. The van der Waals surface area contributed by atoms with E-state index in [2.05, 4.69) is 17.1 Å². The highest BCUT2D eigenvalue weighted by molar-refractivity contribution is 5.75. The molecule has 0 aliphatic carbocycles. The molecule has 0 aromatic heterocycles. The number of carbonyl (C=O) groups excluding carboxylic acids is 1. The molecule has 7 nitrogen and oxygen atoms in total. The molecule has 7 heteroatoms. The highest BCUT2D eigenvalue weighted by Crippen LogP contribution is 2.27. The Balaban J connectivity index is 1.61. The topological polar surface area (TPSA) is 79.0 Å². The number of hydrogen-bond acceptors (Lipinski definition) is 6. The van der Waals surface area contributed by atoms with Gasteiger partial charge in [0.1, 0.15) is 11.4 Å². The van der Waals surface area contributed by atoms with Crippen LogP contribution in [0.5, 0.6) is 0 Å². The largest absolute Gasteiger partial charge is 0.450 e. The van der Waals surface area contributed by atoms with Gasteiger partial charge in [-0.05, 0) is 38.5 Å². The second-order valence-electron chi connectivity index (χ2n) is 7.18. The van der Waals surface area contributed by atoms with Gasteiger partial charge in [0.05, 0.1) is 6.61 Å². The van der Waals surface area contributed by atoms with Crippen molar-refractivity contribution in [3.8, 4) is 0 Å². The minimum atomic E-state index is -0.402. The van der Waals surface area contributed by atoms with E-state index in [0.29, 0.717) is 37.0 Å². The third-order valence-electron chi connectivity index (χ3n) is 5.23. The van der Waals surface area contributed by atoms with Gasteiger partial charge in [0.2, 0.25) is 0 Å². The van der Waals surface area contributed by atoms with Crippen molar-refractivity contribution in [1.82, 2.24) is 4.90 Å². The van der Waals surface area contributed by atoms with Crippen molar-refractivity contribution >= 4 is 17.5 Å². The van der Waals surface area contributed by atoms with Crippen LogP contribution in [0.25, 0.3) is 0 Å². The smallest absolute Gasteiger partial charge is 0.409 e. The van der Waals surface area contributed by atoms with Crippen LogP contribution >= 0.6 is 0 Å². The Morgan fingerprint density at radius 3 is 2.52 bits per heavy atom. The average molecular weight is 349 g/mol. The lowest BCUT2D eigenvalue weighted by Crippen LogP contribution is -2.48. The Hall–Kier alpha value is -2.05. The molecule has 2 aliphatic heterocycles. The summed E-state index contributed by atoms with van der Waals surface area (Å²) in [5, 5.41) is 3.28. The van der Waals surface area contributed by atoms with Crippen molar-refractivity contribution in [2.75, 3.05) is 43.0 Å². The van der Waals surface area contributed by atoms with E-state index >= 15 is 0 Å². The lowest BCUT2D eigenvalue weighted by Gasteiger charge is -2.36. The van der Waals surface area contributed by atoms with E-state index in [1.54, 1.807) is 11.8 Å². The number of anilines is 2. The zero-order valence-electron chi connectivity index (χ0n) is 15.0. The van der Waals surface area contributed by atoms with E-state index < -0.39 is 5.43 Å². The Labute approximate surface area is 147 Å². The van der Waals surface area contributed by atoms with Crippen LogP contribution in [-0.4, -0.2) is 49.8 Å². The van der Waals surface area contributed by atoms with Crippen molar-refractivity contribution in [3.63, 3.8) is 0 Å². The normalized spacial score (nSPS) is 22.2. The van der Waals surface area contributed by atoms with Gasteiger partial charge in [-0.2, -0.15) is 0 Å². The third-order valence-corrected chi connectivity index (χ3v) is 5.23. The first-order valence-corrected chi connectivity index (χ1v) is 9.27. The maximum Gasteiger partial charge on any atom is 0.409 e.